The van der Waals surface area contributed by atoms with Gasteiger partial charge in [0.2, 0.25) is 0 Å². The molecule has 3 aliphatic rings. The van der Waals surface area contributed by atoms with Crippen molar-refractivity contribution in [2.45, 2.75) is 52.4 Å². The van der Waals surface area contributed by atoms with Crippen molar-refractivity contribution in [2.24, 2.45) is 0 Å². The number of carbonyl (C=O) groups excluding carboxylic acids is 3. The largest absolute Gasteiger partial charge is 0.347 e. The molecule has 0 bridgehead atoms. The van der Waals surface area contributed by atoms with E-state index in [1.807, 2.05) is 50.5 Å². The zero-order valence-electron chi connectivity index (χ0n) is 24.7. The lowest BCUT2D eigenvalue weighted by molar-refractivity contribution is -0.135. The van der Waals surface area contributed by atoms with Gasteiger partial charge in [0.05, 0.1) is 0 Å². The third-order valence-corrected chi connectivity index (χ3v) is 8.77. The first-order valence-corrected chi connectivity index (χ1v) is 13.9. The summed E-state index contributed by atoms with van der Waals surface area (Å²) in [5.41, 5.74) is 6.23. The smallest absolute Gasteiger partial charge is 0.333 e. The number of fused-ring (bicyclic) bond motifs is 2. The summed E-state index contributed by atoms with van der Waals surface area (Å²) in [6.07, 6.45) is 3.95. The number of hydrogen-bond donors (Lipinski definition) is 0. The summed E-state index contributed by atoms with van der Waals surface area (Å²) in [6.45, 7) is 12.5. The van der Waals surface area contributed by atoms with Crippen LogP contribution in [0.25, 0.3) is 0 Å². The average molecular weight is 539 g/mol. The molecule has 0 N–H and O–H groups in total. The van der Waals surface area contributed by atoms with Gasteiger partial charge in [-0.1, -0.05) is 64.1 Å². The van der Waals surface area contributed by atoms with Gasteiger partial charge in [-0.15, -0.1) is 0 Å². The van der Waals surface area contributed by atoms with E-state index < -0.39 is 17.8 Å². The number of benzene rings is 2. The highest BCUT2D eigenvalue weighted by Crippen LogP contribution is 2.49. The number of nitrogens with zero attached hydrogens (tertiary/aromatic N) is 4. The summed E-state index contributed by atoms with van der Waals surface area (Å²) in [5.74, 6) is -1.12. The summed E-state index contributed by atoms with van der Waals surface area (Å²) in [6, 6.07) is 15.9. The molecule has 7 nitrogen and oxygen atoms in total. The van der Waals surface area contributed by atoms with Crippen LogP contribution in [0.15, 0.2) is 83.2 Å². The number of anilines is 2. The molecule has 4 amide bonds. The molecule has 1 saturated heterocycles. The number of carbonyl (C=O) groups is 3. The number of imide groups is 2. The van der Waals surface area contributed by atoms with E-state index in [9.17, 15) is 14.4 Å². The minimum atomic E-state index is -0.570. The molecule has 1 fully saturated rings. The topological polar surface area (TPSA) is 64.2 Å². The lowest BCUT2D eigenvalue weighted by Gasteiger charge is -2.34. The van der Waals surface area contributed by atoms with Crippen LogP contribution in [-0.4, -0.2) is 54.8 Å². The quantitative estimate of drug-likeness (QED) is 0.367. The minimum Gasteiger partial charge on any atom is -0.347 e. The third-order valence-electron chi connectivity index (χ3n) is 8.77. The predicted octanol–water partition coefficient (Wildman–Crippen LogP) is 5.74. The second-order valence-electron chi connectivity index (χ2n) is 11.7. The first-order valence-electron chi connectivity index (χ1n) is 13.9. The molecule has 3 heterocycles. The van der Waals surface area contributed by atoms with E-state index in [-0.39, 0.29) is 29.5 Å². The molecular formula is C33H38N4O3. The number of barbiturate groups is 1. The Bertz CT molecular complexity index is 1420. The van der Waals surface area contributed by atoms with Crippen molar-refractivity contribution < 1.29 is 14.4 Å². The molecule has 7 heteroatoms. The predicted molar refractivity (Wildman–Crippen MR) is 159 cm³/mol. The van der Waals surface area contributed by atoms with Gasteiger partial charge in [-0.3, -0.25) is 19.4 Å². The van der Waals surface area contributed by atoms with Gasteiger partial charge < -0.3 is 9.80 Å². The summed E-state index contributed by atoms with van der Waals surface area (Å²) in [7, 11) is 4.03. The Balaban J connectivity index is 1.80. The van der Waals surface area contributed by atoms with Gasteiger partial charge in [-0.05, 0) is 54.8 Å². The standard InChI is InChI=1S/C33H38N4O3/c1-9-36-29(38)28(30(39)37(10-2)31(36)40)21(19-26-32(3,4)22-15-11-13-17-24(22)34(26)7)20-27-33(5,6)23-16-12-14-18-25(23)35(27)8/h11-20H,9-10H2,1-8H3/b26-19+,27-20+. The molecule has 2 aromatic rings. The molecule has 40 heavy (non-hydrogen) atoms. The summed E-state index contributed by atoms with van der Waals surface area (Å²) in [4.78, 5) is 47.3. The normalized spacial score (nSPS) is 21.6. The summed E-state index contributed by atoms with van der Waals surface area (Å²) >= 11 is 0. The zero-order valence-corrected chi connectivity index (χ0v) is 24.7. The Morgan fingerprint density at radius 1 is 0.675 bits per heavy atom. The number of amides is 4. The number of urea groups is 1. The van der Waals surface area contributed by atoms with Crippen LogP contribution in [0.5, 0.6) is 0 Å². The van der Waals surface area contributed by atoms with Crippen LogP contribution >= 0.6 is 0 Å². The van der Waals surface area contributed by atoms with Gasteiger partial charge in [-0.2, -0.15) is 0 Å². The van der Waals surface area contributed by atoms with Gasteiger partial charge in [0, 0.05) is 60.8 Å². The Hall–Kier alpha value is -4.13. The molecule has 5 rings (SSSR count). The molecule has 0 atom stereocenters. The molecule has 0 saturated carbocycles. The lowest BCUT2D eigenvalue weighted by atomic mass is 9.81. The van der Waals surface area contributed by atoms with Crippen LogP contribution in [0, 0.1) is 0 Å². The van der Waals surface area contributed by atoms with Crippen molar-refractivity contribution in [1.82, 2.24) is 9.80 Å². The summed E-state index contributed by atoms with van der Waals surface area (Å²) < 4.78 is 0. The van der Waals surface area contributed by atoms with E-state index in [2.05, 4.69) is 61.8 Å². The summed E-state index contributed by atoms with van der Waals surface area (Å²) in [5, 5.41) is 0. The molecule has 3 aliphatic heterocycles. The number of allylic oxidation sites excluding steroid dienone is 5. The lowest BCUT2D eigenvalue weighted by Crippen LogP contribution is -2.56. The van der Waals surface area contributed by atoms with Crippen LogP contribution in [0.3, 0.4) is 0 Å². The van der Waals surface area contributed by atoms with Crippen molar-refractivity contribution in [3.63, 3.8) is 0 Å². The van der Waals surface area contributed by atoms with Crippen molar-refractivity contribution >= 4 is 29.2 Å². The second kappa shape index (κ2) is 9.51. The first-order chi connectivity index (χ1) is 18.9. The van der Waals surface area contributed by atoms with E-state index in [1.165, 1.54) is 11.1 Å². The Morgan fingerprint density at radius 3 is 1.40 bits per heavy atom. The van der Waals surface area contributed by atoms with E-state index >= 15 is 0 Å². The molecular weight excluding hydrogens is 500 g/mol. The van der Waals surface area contributed by atoms with Gasteiger partial charge in [0.25, 0.3) is 11.8 Å². The molecule has 208 valence electrons. The number of hydrogen-bond acceptors (Lipinski definition) is 5. The maximum Gasteiger partial charge on any atom is 0.333 e. The third kappa shape index (κ3) is 3.82. The fourth-order valence-corrected chi connectivity index (χ4v) is 6.48. The highest BCUT2D eigenvalue weighted by Gasteiger charge is 2.44. The van der Waals surface area contributed by atoms with Gasteiger partial charge in [-0.25, -0.2) is 4.79 Å². The average Bonchev–Trinajstić information content (AvgIpc) is 3.23. The Labute approximate surface area is 237 Å². The highest BCUT2D eigenvalue weighted by atomic mass is 16.2. The fraction of sp³-hybridized carbons (Fsp3) is 0.364. The van der Waals surface area contributed by atoms with Crippen LogP contribution < -0.4 is 9.80 Å². The molecule has 0 spiro atoms. The van der Waals surface area contributed by atoms with Crippen LogP contribution in [0.2, 0.25) is 0 Å². The zero-order chi connectivity index (χ0) is 29.1. The molecule has 2 aromatic carbocycles. The van der Waals surface area contributed by atoms with E-state index in [1.54, 1.807) is 13.8 Å². The Morgan fingerprint density at radius 2 is 1.05 bits per heavy atom. The SMILES string of the molecule is CCN1C(=O)C(=C(/C=C2/N(C)c3ccccc3C2(C)C)/C=C2/N(C)c3ccccc3C2(C)C)C(=O)N(CC)C1=O. The maximum absolute atomic E-state index is 13.9. The molecule has 0 aromatic heterocycles. The van der Waals surface area contributed by atoms with Crippen LogP contribution in [0.1, 0.15) is 52.7 Å². The van der Waals surface area contributed by atoms with Crippen molar-refractivity contribution in [3.05, 3.63) is 94.4 Å². The minimum absolute atomic E-state index is 0.0172. The highest BCUT2D eigenvalue weighted by molar-refractivity contribution is 6.29. The molecule has 0 radical (unpaired) electrons. The van der Waals surface area contributed by atoms with Crippen molar-refractivity contribution in [2.75, 3.05) is 37.0 Å². The van der Waals surface area contributed by atoms with E-state index in [0.717, 1.165) is 32.6 Å². The maximum atomic E-state index is 13.9. The van der Waals surface area contributed by atoms with Crippen molar-refractivity contribution in [3.8, 4) is 0 Å². The first kappa shape index (κ1) is 27.4. The van der Waals surface area contributed by atoms with Crippen LogP contribution in [0.4, 0.5) is 16.2 Å². The second-order valence-corrected chi connectivity index (χ2v) is 11.7. The molecule has 0 unspecified atom stereocenters. The van der Waals surface area contributed by atoms with Gasteiger partial charge >= 0.3 is 6.03 Å². The van der Waals surface area contributed by atoms with Crippen molar-refractivity contribution in [1.29, 1.82) is 0 Å². The fourth-order valence-electron chi connectivity index (χ4n) is 6.48. The van der Waals surface area contributed by atoms with Gasteiger partial charge in [0.15, 0.2) is 0 Å². The number of likely N-dealkylation sites (N-methyl/N-ethyl adjacent to an activating group) is 4. The Kier molecular flexibility index (Phi) is 6.52. The van der Waals surface area contributed by atoms with E-state index in [0.29, 0.717) is 5.57 Å². The van der Waals surface area contributed by atoms with E-state index in [4.69, 9.17) is 0 Å². The number of rotatable bonds is 4. The van der Waals surface area contributed by atoms with Gasteiger partial charge in [0.1, 0.15) is 5.57 Å². The number of para-hydroxylation sites is 2. The monoisotopic (exact) mass is 538 g/mol. The van der Waals surface area contributed by atoms with Crippen LogP contribution in [-0.2, 0) is 20.4 Å². The molecule has 0 aliphatic carbocycles.